The van der Waals surface area contributed by atoms with E-state index < -0.39 is 0 Å². The van der Waals surface area contributed by atoms with E-state index in [1.54, 1.807) is 25.3 Å². The van der Waals surface area contributed by atoms with Crippen molar-refractivity contribution in [1.29, 1.82) is 0 Å². The van der Waals surface area contributed by atoms with Gasteiger partial charge in [-0.05, 0) is 30.0 Å². The molecule has 0 saturated heterocycles. The first-order chi connectivity index (χ1) is 9.82. The van der Waals surface area contributed by atoms with Gasteiger partial charge in [-0.1, -0.05) is 32.4 Å². The molecule has 114 valence electrons. The number of amides is 1. The summed E-state index contributed by atoms with van der Waals surface area (Å²) < 4.78 is 5.12. The number of nitrogens with two attached hydrogens (primary N) is 1. The van der Waals surface area contributed by atoms with E-state index in [-0.39, 0.29) is 11.3 Å². The Kier molecular flexibility index (Phi) is 4.26. The van der Waals surface area contributed by atoms with Crippen LogP contribution in [-0.2, 0) is 0 Å². The Bertz CT molecular complexity index is 571. The fourth-order valence-corrected chi connectivity index (χ4v) is 2.58. The van der Waals surface area contributed by atoms with E-state index in [2.05, 4.69) is 26.8 Å². The minimum absolute atomic E-state index is 0.0218. The number of methoxy groups -OCH3 is 1. The number of ether oxygens (including phenoxy) is 1. The lowest BCUT2D eigenvalue weighted by Gasteiger charge is -2.32. The molecule has 0 aliphatic carbocycles. The van der Waals surface area contributed by atoms with Crippen LogP contribution < -0.4 is 10.5 Å². The molecule has 21 heavy (non-hydrogen) atoms. The van der Waals surface area contributed by atoms with Crippen LogP contribution in [0, 0.1) is 5.41 Å². The smallest absolute Gasteiger partial charge is 0.254 e. The predicted octanol–water partition coefficient (Wildman–Crippen LogP) is 3.10. The molecular formula is C17H24N2O2. The number of carbonyl (C=O) groups is 1. The Morgan fingerprint density at radius 2 is 2.05 bits per heavy atom. The molecule has 0 unspecified atom stereocenters. The van der Waals surface area contributed by atoms with Crippen LogP contribution in [0.4, 0.5) is 5.69 Å². The maximum absolute atomic E-state index is 12.5. The van der Waals surface area contributed by atoms with Crippen molar-refractivity contribution < 1.29 is 9.53 Å². The van der Waals surface area contributed by atoms with Crippen molar-refractivity contribution in [2.75, 3.05) is 25.9 Å². The summed E-state index contributed by atoms with van der Waals surface area (Å²) in [5, 5.41) is 0. The maximum Gasteiger partial charge on any atom is 0.254 e. The summed E-state index contributed by atoms with van der Waals surface area (Å²) in [6.07, 6.45) is 3.11. The Morgan fingerprint density at radius 3 is 2.52 bits per heavy atom. The summed E-state index contributed by atoms with van der Waals surface area (Å²) in [6, 6.07) is 5.19. The summed E-state index contributed by atoms with van der Waals surface area (Å²) in [5.74, 6) is 0.619. The predicted molar refractivity (Wildman–Crippen MR) is 85.5 cm³/mol. The minimum Gasteiger partial charge on any atom is -0.495 e. The number of hydrogen-bond donors (Lipinski definition) is 1. The highest BCUT2D eigenvalue weighted by Gasteiger charge is 2.24. The van der Waals surface area contributed by atoms with Crippen molar-refractivity contribution >= 4 is 11.6 Å². The van der Waals surface area contributed by atoms with Gasteiger partial charge in [-0.3, -0.25) is 4.79 Å². The highest BCUT2D eigenvalue weighted by molar-refractivity contribution is 5.95. The monoisotopic (exact) mass is 288 g/mol. The average Bonchev–Trinajstić information content (AvgIpc) is 2.45. The van der Waals surface area contributed by atoms with Crippen LogP contribution in [0.15, 0.2) is 29.8 Å². The zero-order valence-corrected chi connectivity index (χ0v) is 13.3. The first-order valence-electron chi connectivity index (χ1n) is 7.25. The van der Waals surface area contributed by atoms with Crippen LogP contribution in [0.5, 0.6) is 5.75 Å². The topological polar surface area (TPSA) is 55.6 Å². The number of carbonyl (C=O) groups excluding carboxylic acids is 1. The van der Waals surface area contributed by atoms with Crippen LogP contribution in [0.2, 0.25) is 0 Å². The van der Waals surface area contributed by atoms with Crippen LogP contribution in [0.3, 0.4) is 0 Å². The molecule has 2 N–H and O–H groups in total. The fourth-order valence-electron chi connectivity index (χ4n) is 2.58. The van der Waals surface area contributed by atoms with Crippen molar-refractivity contribution in [2.24, 2.45) is 5.41 Å². The Hall–Kier alpha value is -1.97. The third kappa shape index (κ3) is 3.38. The lowest BCUT2D eigenvalue weighted by Crippen LogP contribution is -2.36. The standard InChI is InChI=1S/C17H24N2O2/c1-17(2,3)13-7-9-19(10-8-13)16(20)12-5-6-15(21-4)14(18)11-12/h5-7,11H,8-10,18H2,1-4H3. The van der Waals surface area contributed by atoms with E-state index in [9.17, 15) is 4.79 Å². The van der Waals surface area contributed by atoms with Gasteiger partial charge in [0.25, 0.3) is 5.91 Å². The van der Waals surface area contributed by atoms with Crippen molar-refractivity contribution in [1.82, 2.24) is 4.90 Å². The van der Waals surface area contributed by atoms with Crippen LogP contribution in [-0.4, -0.2) is 31.0 Å². The molecule has 1 amide bonds. The third-order valence-corrected chi connectivity index (χ3v) is 3.94. The lowest BCUT2D eigenvalue weighted by molar-refractivity contribution is 0.0765. The number of nitrogens with zero attached hydrogens (tertiary/aromatic N) is 1. The second-order valence-electron chi connectivity index (χ2n) is 6.44. The molecule has 1 aromatic rings. The summed E-state index contributed by atoms with van der Waals surface area (Å²) >= 11 is 0. The fraction of sp³-hybridized carbons (Fsp3) is 0.471. The second kappa shape index (κ2) is 5.80. The molecule has 0 spiro atoms. The Balaban J connectivity index is 2.12. The number of nitrogen functional groups attached to an aromatic ring is 1. The number of benzene rings is 1. The molecule has 4 nitrogen and oxygen atoms in total. The first kappa shape index (κ1) is 15.4. The maximum atomic E-state index is 12.5. The largest absolute Gasteiger partial charge is 0.495 e. The van der Waals surface area contributed by atoms with Crippen molar-refractivity contribution in [3.8, 4) is 5.75 Å². The van der Waals surface area contributed by atoms with Gasteiger partial charge in [0.2, 0.25) is 0 Å². The summed E-state index contributed by atoms with van der Waals surface area (Å²) in [7, 11) is 1.57. The van der Waals surface area contributed by atoms with Gasteiger partial charge in [-0.2, -0.15) is 0 Å². The molecule has 1 aromatic carbocycles. The van der Waals surface area contributed by atoms with Gasteiger partial charge >= 0.3 is 0 Å². The zero-order chi connectivity index (χ0) is 15.6. The molecule has 1 aliphatic heterocycles. The van der Waals surface area contributed by atoms with Gasteiger partial charge in [0.15, 0.2) is 0 Å². The quantitative estimate of drug-likeness (QED) is 0.672. The van der Waals surface area contributed by atoms with E-state index in [1.807, 2.05) is 4.90 Å². The van der Waals surface area contributed by atoms with Gasteiger partial charge in [-0.15, -0.1) is 0 Å². The van der Waals surface area contributed by atoms with Gasteiger partial charge in [0.05, 0.1) is 12.8 Å². The van der Waals surface area contributed by atoms with E-state index >= 15 is 0 Å². The molecule has 0 atom stereocenters. The number of rotatable bonds is 2. The summed E-state index contributed by atoms with van der Waals surface area (Å²) in [6.45, 7) is 8.05. The van der Waals surface area contributed by atoms with Crippen molar-refractivity contribution in [3.63, 3.8) is 0 Å². The molecule has 0 aromatic heterocycles. The Labute approximate surface area is 126 Å². The van der Waals surface area contributed by atoms with E-state index in [0.29, 0.717) is 23.5 Å². The van der Waals surface area contributed by atoms with Gasteiger partial charge < -0.3 is 15.4 Å². The highest BCUT2D eigenvalue weighted by atomic mass is 16.5. The van der Waals surface area contributed by atoms with Gasteiger partial charge in [0.1, 0.15) is 5.75 Å². The molecule has 2 rings (SSSR count). The molecule has 0 fully saturated rings. The zero-order valence-electron chi connectivity index (χ0n) is 13.3. The average molecular weight is 288 g/mol. The van der Waals surface area contributed by atoms with E-state index in [4.69, 9.17) is 10.5 Å². The normalized spacial score (nSPS) is 15.6. The number of anilines is 1. The highest BCUT2D eigenvalue weighted by Crippen LogP contribution is 2.30. The molecule has 0 radical (unpaired) electrons. The van der Waals surface area contributed by atoms with Crippen LogP contribution in [0.1, 0.15) is 37.6 Å². The number of hydrogen-bond acceptors (Lipinski definition) is 3. The Morgan fingerprint density at radius 1 is 1.33 bits per heavy atom. The first-order valence-corrected chi connectivity index (χ1v) is 7.25. The second-order valence-corrected chi connectivity index (χ2v) is 6.44. The molecule has 1 aliphatic rings. The lowest BCUT2D eigenvalue weighted by atomic mass is 9.83. The van der Waals surface area contributed by atoms with Crippen LogP contribution in [0.25, 0.3) is 0 Å². The molecular weight excluding hydrogens is 264 g/mol. The third-order valence-electron chi connectivity index (χ3n) is 3.94. The van der Waals surface area contributed by atoms with Crippen molar-refractivity contribution in [3.05, 3.63) is 35.4 Å². The molecule has 1 heterocycles. The molecule has 0 saturated carbocycles. The molecule has 0 bridgehead atoms. The molecule has 4 heteroatoms. The van der Waals surface area contributed by atoms with E-state index in [0.717, 1.165) is 13.0 Å². The van der Waals surface area contributed by atoms with Crippen molar-refractivity contribution in [2.45, 2.75) is 27.2 Å². The minimum atomic E-state index is 0.0218. The summed E-state index contributed by atoms with van der Waals surface area (Å²) in [5.41, 5.74) is 8.57. The SMILES string of the molecule is COc1ccc(C(=O)N2CC=C(C(C)(C)C)CC2)cc1N. The summed E-state index contributed by atoms with van der Waals surface area (Å²) in [4.78, 5) is 14.4. The van der Waals surface area contributed by atoms with Gasteiger partial charge in [-0.25, -0.2) is 0 Å². The van der Waals surface area contributed by atoms with Gasteiger partial charge in [0, 0.05) is 18.7 Å². The van der Waals surface area contributed by atoms with E-state index in [1.165, 1.54) is 5.57 Å². The van der Waals surface area contributed by atoms with Crippen LogP contribution >= 0.6 is 0 Å².